The van der Waals surface area contributed by atoms with Crippen molar-refractivity contribution in [2.24, 2.45) is 0 Å². The largest absolute Gasteiger partial charge is 0.487 e. The maximum absolute atomic E-state index is 5.37. The summed E-state index contributed by atoms with van der Waals surface area (Å²) in [5, 5.41) is 0.775. The van der Waals surface area contributed by atoms with E-state index in [-0.39, 0.29) is 0 Å². The summed E-state index contributed by atoms with van der Waals surface area (Å²) in [6, 6.07) is 0. The van der Waals surface area contributed by atoms with Crippen LogP contribution in [0.3, 0.4) is 0 Å². The summed E-state index contributed by atoms with van der Waals surface area (Å²) in [7, 11) is 0. The molecule has 0 aromatic carbocycles. The van der Waals surface area contributed by atoms with E-state index in [4.69, 9.17) is 17.0 Å². The second-order valence-electron chi connectivity index (χ2n) is 5.12. The first kappa shape index (κ1) is 18.6. The molecule has 0 atom stereocenters. The Morgan fingerprint density at radius 1 is 0.895 bits per heavy atom. The van der Waals surface area contributed by atoms with E-state index in [0.29, 0.717) is 6.61 Å². The Labute approximate surface area is 125 Å². The molecule has 0 bridgehead atoms. The summed E-state index contributed by atoms with van der Waals surface area (Å²) in [5.41, 5.74) is 1.59. The lowest BCUT2D eigenvalue weighted by molar-refractivity contribution is 0.327. The van der Waals surface area contributed by atoms with Crippen LogP contribution in [0.4, 0.5) is 0 Å². The van der Waals surface area contributed by atoms with Gasteiger partial charge in [0.05, 0.1) is 6.61 Å². The predicted octanol–water partition coefficient (Wildman–Crippen LogP) is 6.22. The van der Waals surface area contributed by atoms with Crippen molar-refractivity contribution in [2.75, 3.05) is 6.61 Å². The van der Waals surface area contributed by atoms with Crippen molar-refractivity contribution in [3.8, 4) is 0 Å². The zero-order chi connectivity index (χ0) is 14.3. The number of allylic oxidation sites excluding steroid dienone is 2. The van der Waals surface area contributed by atoms with Crippen molar-refractivity contribution < 1.29 is 4.74 Å². The Morgan fingerprint density at radius 2 is 1.58 bits per heavy atom. The molecule has 19 heavy (non-hydrogen) atoms. The molecule has 0 spiro atoms. The second-order valence-corrected chi connectivity index (χ2v) is 5.58. The first-order valence-electron chi connectivity index (χ1n) is 8.08. The van der Waals surface area contributed by atoms with Crippen LogP contribution in [0.25, 0.3) is 0 Å². The summed E-state index contributed by atoms with van der Waals surface area (Å²) in [6.45, 7) is 7.21. The van der Waals surface area contributed by atoms with E-state index in [1.54, 1.807) is 5.57 Å². The molecule has 0 aromatic rings. The first-order valence-corrected chi connectivity index (χ1v) is 8.48. The molecule has 0 fully saturated rings. The zero-order valence-corrected chi connectivity index (χ0v) is 14.0. The highest BCUT2D eigenvalue weighted by Gasteiger charge is 2.02. The molecule has 2 heteroatoms. The Bertz CT molecular complexity index is 246. The first-order chi connectivity index (χ1) is 9.24. The lowest BCUT2D eigenvalue weighted by Crippen LogP contribution is -2.01. The second kappa shape index (κ2) is 14.0. The van der Waals surface area contributed by atoms with Crippen LogP contribution < -0.4 is 0 Å². The van der Waals surface area contributed by atoms with Gasteiger partial charge in [0.25, 0.3) is 0 Å². The fourth-order valence-electron chi connectivity index (χ4n) is 2.13. The van der Waals surface area contributed by atoms with E-state index in [1.807, 2.05) is 6.92 Å². The average molecular weight is 285 g/mol. The number of ether oxygens (including phenoxy) is 1. The Balaban J connectivity index is 4.04. The summed E-state index contributed by atoms with van der Waals surface area (Å²) in [4.78, 5) is 0. The molecule has 0 aromatic heterocycles. The van der Waals surface area contributed by atoms with E-state index in [9.17, 15) is 0 Å². The minimum absolute atomic E-state index is 0.699. The highest BCUT2D eigenvalue weighted by Crippen LogP contribution is 2.17. The van der Waals surface area contributed by atoms with Crippen LogP contribution in [0.2, 0.25) is 0 Å². The number of unbranched alkanes of at least 4 members (excludes halogenated alkanes) is 5. The van der Waals surface area contributed by atoms with Gasteiger partial charge >= 0.3 is 0 Å². The van der Waals surface area contributed by atoms with Gasteiger partial charge in [0.15, 0.2) is 5.05 Å². The summed E-state index contributed by atoms with van der Waals surface area (Å²) >= 11 is 5.21. The fraction of sp³-hybridized carbons (Fsp3) is 0.824. The Kier molecular flexibility index (Phi) is 13.8. The standard InChI is InChI=1S/C17H32OS/c1-4-7-9-11-13-16(12-10-8-5-2)14-15-17(19)18-6-3/h13H,4-12,14-15H2,1-3H3/b16-13-. The minimum Gasteiger partial charge on any atom is -0.487 e. The molecule has 112 valence electrons. The highest BCUT2D eigenvalue weighted by atomic mass is 32.1. The summed E-state index contributed by atoms with van der Waals surface area (Å²) < 4.78 is 5.37. The lowest BCUT2D eigenvalue weighted by Gasteiger charge is -2.09. The van der Waals surface area contributed by atoms with E-state index in [2.05, 4.69) is 19.9 Å². The number of thiocarbonyl (C=S) groups is 1. The molecule has 0 amide bonds. The van der Waals surface area contributed by atoms with Gasteiger partial charge in [-0.15, -0.1) is 0 Å². The highest BCUT2D eigenvalue weighted by molar-refractivity contribution is 7.80. The molecule has 0 aliphatic carbocycles. The molecule has 0 rings (SSSR count). The third-order valence-electron chi connectivity index (χ3n) is 3.30. The molecule has 0 unspecified atom stereocenters. The summed E-state index contributed by atoms with van der Waals surface area (Å²) in [5.74, 6) is 0. The molecule has 0 radical (unpaired) electrons. The minimum atomic E-state index is 0.699. The predicted molar refractivity (Wildman–Crippen MR) is 89.8 cm³/mol. The zero-order valence-electron chi connectivity index (χ0n) is 13.2. The van der Waals surface area contributed by atoms with Crippen molar-refractivity contribution in [3.63, 3.8) is 0 Å². The van der Waals surface area contributed by atoms with Gasteiger partial charge in [-0.25, -0.2) is 0 Å². The van der Waals surface area contributed by atoms with E-state index < -0.39 is 0 Å². The third kappa shape index (κ3) is 12.4. The molecule has 1 nitrogen and oxygen atoms in total. The normalized spacial score (nSPS) is 11.6. The van der Waals surface area contributed by atoms with Gasteiger partial charge in [0, 0.05) is 6.42 Å². The molecule has 0 saturated carbocycles. The fourth-order valence-corrected chi connectivity index (χ4v) is 2.35. The molecule has 0 N–H and O–H groups in total. The van der Waals surface area contributed by atoms with Crippen molar-refractivity contribution in [3.05, 3.63) is 11.6 Å². The summed E-state index contributed by atoms with van der Waals surface area (Å²) in [6.07, 6.45) is 14.8. The van der Waals surface area contributed by atoms with Crippen LogP contribution in [-0.2, 0) is 4.74 Å². The van der Waals surface area contributed by atoms with Crippen LogP contribution >= 0.6 is 12.2 Å². The average Bonchev–Trinajstić information content (AvgIpc) is 2.40. The molecular formula is C17H32OS. The van der Waals surface area contributed by atoms with Gasteiger partial charge < -0.3 is 4.74 Å². The molecule has 0 heterocycles. The van der Waals surface area contributed by atoms with Crippen molar-refractivity contribution >= 4 is 17.3 Å². The van der Waals surface area contributed by atoms with Gasteiger partial charge in [0.1, 0.15) is 0 Å². The molecule has 0 aliphatic rings. The van der Waals surface area contributed by atoms with Gasteiger partial charge in [-0.3, -0.25) is 0 Å². The third-order valence-corrected chi connectivity index (χ3v) is 3.62. The van der Waals surface area contributed by atoms with Gasteiger partial charge in [-0.2, -0.15) is 0 Å². The maximum Gasteiger partial charge on any atom is 0.159 e. The van der Waals surface area contributed by atoms with E-state index >= 15 is 0 Å². The number of hydrogen-bond donors (Lipinski definition) is 0. The maximum atomic E-state index is 5.37. The van der Waals surface area contributed by atoms with Gasteiger partial charge in [-0.05, 0) is 51.2 Å². The van der Waals surface area contributed by atoms with Crippen LogP contribution in [0.15, 0.2) is 11.6 Å². The van der Waals surface area contributed by atoms with Crippen LogP contribution in [0.1, 0.15) is 85.0 Å². The van der Waals surface area contributed by atoms with E-state index in [0.717, 1.165) is 17.9 Å². The molecular weight excluding hydrogens is 252 g/mol. The Morgan fingerprint density at radius 3 is 2.21 bits per heavy atom. The Hall–Kier alpha value is -0.370. The number of hydrogen-bond acceptors (Lipinski definition) is 2. The van der Waals surface area contributed by atoms with Crippen molar-refractivity contribution in [1.82, 2.24) is 0 Å². The quantitative estimate of drug-likeness (QED) is 0.239. The van der Waals surface area contributed by atoms with E-state index in [1.165, 1.54) is 51.4 Å². The topological polar surface area (TPSA) is 9.23 Å². The lowest BCUT2D eigenvalue weighted by atomic mass is 10.0. The molecule has 0 aliphatic heterocycles. The number of rotatable bonds is 12. The van der Waals surface area contributed by atoms with Crippen LogP contribution in [0, 0.1) is 0 Å². The smallest absolute Gasteiger partial charge is 0.159 e. The molecule has 0 saturated heterocycles. The van der Waals surface area contributed by atoms with Crippen molar-refractivity contribution in [1.29, 1.82) is 0 Å². The van der Waals surface area contributed by atoms with Crippen LogP contribution in [0.5, 0.6) is 0 Å². The van der Waals surface area contributed by atoms with Crippen molar-refractivity contribution in [2.45, 2.75) is 85.0 Å². The van der Waals surface area contributed by atoms with Gasteiger partial charge in [0.2, 0.25) is 0 Å². The SMILES string of the molecule is CCCCC/C=C(/CCCCC)CCC(=S)OCC. The monoisotopic (exact) mass is 284 g/mol. The van der Waals surface area contributed by atoms with Gasteiger partial charge in [-0.1, -0.05) is 51.2 Å². The van der Waals surface area contributed by atoms with Crippen LogP contribution in [-0.4, -0.2) is 11.7 Å².